The lowest BCUT2D eigenvalue weighted by molar-refractivity contribution is -0.158. The Labute approximate surface area is 155 Å². The average molecular weight is 385 g/mol. The first kappa shape index (κ1) is 20.4. The number of aldehydes is 2. The zero-order valence-electron chi connectivity index (χ0n) is 14.8. The zero-order chi connectivity index (χ0) is 19.3. The minimum atomic E-state index is -1.01. The Morgan fingerprint density at radius 3 is 2.35 bits per heavy atom. The van der Waals surface area contributed by atoms with E-state index in [0.29, 0.717) is 32.0 Å². The molecular weight excluding hydrogens is 362 g/mol. The molecule has 0 unspecified atom stereocenters. The van der Waals surface area contributed by atoms with E-state index < -0.39 is 47.6 Å². The van der Waals surface area contributed by atoms with Gasteiger partial charge < -0.3 is 24.0 Å². The van der Waals surface area contributed by atoms with Gasteiger partial charge in [0.25, 0.3) is 0 Å². The Balaban J connectivity index is 2.29. The van der Waals surface area contributed by atoms with Crippen LogP contribution < -0.4 is 0 Å². The predicted octanol–water partition coefficient (Wildman–Crippen LogP) is 0.280. The van der Waals surface area contributed by atoms with Crippen molar-refractivity contribution in [1.29, 1.82) is 0 Å². The predicted molar refractivity (Wildman–Crippen MR) is 91.9 cm³/mol. The van der Waals surface area contributed by atoms with Gasteiger partial charge in [-0.3, -0.25) is 9.59 Å². The number of hydrogen-bond acceptors (Lipinski definition) is 8. The summed E-state index contributed by atoms with van der Waals surface area (Å²) in [5, 5.41) is 0. The largest absolute Gasteiger partial charge is 0.467 e. The molecule has 0 spiro atoms. The van der Waals surface area contributed by atoms with Crippen LogP contribution in [0.1, 0.15) is 19.3 Å². The smallest absolute Gasteiger partial charge is 0.328 e. The number of carbonyl (C=O) groups excluding carboxylic acids is 5. The number of hydrogen-bond donors (Lipinski definition) is 0. The van der Waals surface area contributed by atoms with Crippen molar-refractivity contribution >= 4 is 42.2 Å². The summed E-state index contributed by atoms with van der Waals surface area (Å²) in [6, 6.07) is -0.724. The Kier molecular flexibility index (Phi) is 7.19. The van der Waals surface area contributed by atoms with Crippen molar-refractivity contribution in [2.24, 2.45) is 23.7 Å². The fourth-order valence-corrected chi connectivity index (χ4v) is 4.13. The summed E-state index contributed by atoms with van der Waals surface area (Å²) in [7, 11) is 1.25. The van der Waals surface area contributed by atoms with Gasteiger partial charge in [-0.1, -0.05) is 0 Å². The third kappa shape index (κ3) is 3.92. The van der Waals surface area contributed by atoms with Crippen LogP contribution in [-0.4, -0.2) is 67.2 Å². The molecule has 1 aliphatic carbocycles. The van der Waals surface area contributed by atoms with E-state index in [1.807, 2.05) is 0 Å². The van der Waals surface area contributed by atoms with Gasteiger partial charge in [-0.25, -0.2) is 4.79 Å². The van der Waals surface area contributed by atoms with Crippen LogP contribution in [0.15, 0.2) is 0 Å². The molecule has 0 aromatic carbocycles. The topological polar surface area (TPSA) is 107 Å². The first-order valence-electron chi connectivity index (χ1n) is 8.44. The Morgan fingerprint density at radius 2 is 1.77 bits per heavy atom. The maximum atomic E-state index is 13.1. The van der Waals surface area contributed by atoms with Crippen molar-refractivity contribution < 1.29 is 33.4 Å². The van der Waals surface area contributed by atoms with Gasteiger partial charge >= 0.3 is 11.9 Å². The molecule has 5 atom stereocenters. The SMILES string of the molecule is COC(=O)[C@@H]1CCCN1C(=O)[C@H]1[C@@H](C(=O)OCSC)[C@@H](C=O)C[C@H]1C=O. The van der Waals surface area contributed by atoms with Crippen LogP contribution in [0.4, 0.5) is 0 Å². The standard InChI is InChI=1S/C17H23NO7S/c1-24-16(22)12-4-3-5-18(12)15(21)13-10(7-19)6-11(8-20)14(13)17(23)25-9-26-2/h7-8,10-14H,3-6,9H2,1-2H3/t10-,11+,12-,13+,14-/m0/s1. The molecule has 2 aliphatic rings. The van der Waals surface area contributed by atoms with E-state index in [-0.39, 0.29) is 12.4 Å². The Morgan fingerprint density at radius 1 is 1.12 bits per heavy atom. The van der Waals surface area contributed by atoms with Crippen LogP contribution in [-0.2, 0) is 33.4 Å². The van der Waals surface area contributed by atoms with Crippen molar-refractivity contribution in [3.8, 4) is 0 Å². The van der Waals surface area contributed by atoms with Gasteiger partial charge in [0.05, 0.1) is 18.9 Å². The lowest BCUT2D eigenvalue weighted by Crippen LogP contribution is -2.47. The van der Waals surface area contributed by atoms with Gasteiger partial charge in [0.15, 0.2) is 0 Å². The van der Waals surface area contributed by atoms with Crippen molar-refractivity contribution in [2.45, 2.75) is 25.3 Å². The number of rotatable bonds is 7. The van der Waals surface area contributed by atoms with Crippen molar-refractivity contribution in [2.75, 3.05) is 25.8 Å². The van der Waals surface area contributed by atoms with Crippen molar-refractivity contribution in [3.05, 3.63) is 0 Å². The number of nitrogens with zero attached hydrogens (tertiary/aromatic N) is 1. The van der Waals surface area contributed by atoms with E-state index in [4.69, 9.17) is 9.47 Å². The van der Waals surface area contributed by atoms with Crippen LogP contribution in [0.3, 0.4) is 0 Å². The summed E-state index contributed by atoms with van der Waals surface area (Å²) in [6.07, 6.45) is 4.19. The molecule has 0 bridgehead atoms. The highest BCUT2D eigenvalue weighted by atomic mass is 32.2. The third-order valence-corrected chi connectivity index (χ3v) is 5.44. The second-order valence-corrected chi connectivity index (χ2v) is 7.28. The van der Waals surface area contributed by atoms with E-state index in [1.165, 1.54) is 23.8 Å². The molecule has 0 radical (unpaired) electrons. The van der Waals surface area contributed by atoms with Gasteiger partial charge in [-0.15, -0.1) is 11.8 Å². The number of methoxy groups -OCH3 is 1. The highest BCUT2D eigenvalue weighted by molar-refractivity contribution is 7.98. The van der Waals surface area contributed by atoms with E-state index >= 15 is 0 Å². The van der Waals surface area contributed by atoms with Gasteiger partial charge in [0, 0.05) is 18.4 Å². The lowest BCUT2D eigenvalue weighted by atomic mass is 9.86. The van der Waals surface area contributed by atoms with E-state index in [0.717, 1.165) is 0 Å². The van der Waals surface area contributed by atoms with E-state index in [1.54, 1.807) is 6.26 Å². The molecule has 1 amide bonds. The van der Waals surface area contributed by atoms with Crippen LogP contribution in [0.25, 0.3) is 0 Å². The van der Waals surface area contributed by atoms with Crippen molar-refractivity contribution in [3.63, 3.8) is 0 Å². The molecule has 9 heteroatoms. The molecule has 1 heterocycles. The number of ether oxygens (including phenoxy) is 2. The van der Waals surface area contributed by atoms with Crippen molar-refractivity contribution in [1.82, 2.24) is 4.90 Å². The maximum Gasteiger partial charge on any atom is 0.328 e. The molecular formula is C17H23NO7S. The third-order valence-electron chi connectivity index (χ3n) is 5.09. The van der Waals surface area contributed by atoms with Gasteiger partial charge in [-0.2, -0.15) is 0 Å². The summed E-state index contributed by atoms with van der Waals surface area (Å²) < 4.78 is 9.87. The van der Waals surface area contributed by atoms with Crippen LogP contribution in [0.2, 0.25) is 0 Å². The summed E-state index contributed by atoms with van der Waals surface area (Å²) in [6.45, 7) is 0.346. The molecule has 2 fully saturated rings. The monoisotopic (exact) mass is 385 g/mol. The molecule has 0 N–H and O–H groups in total. The highest BCUT2D eigenvalue weighted by Gasteiger charge is 2.53. The van der Waals surface area contributed by atoms with Gasteiger partial charge in [0.1, 0.15) is 24.6 Å². The fraction of sp³-hybridized carbons (Fsp3) is 0.706. The minimum Gasteiger partial charge on any atom is -0.467 e. The van der Waals surface area contributed by atoms with Crippen LogP contribution in [0.5, 0.6) is 0 Å². The summed E-state index contributed by atoms with van der Waals surface area (Å²) >= 11 is 1.29. The molecule has 144 valence electrons. The second-order valence-electron chi connectivity index (χ2n) is 6.47. The molecule has 2 rings (SSSR count). The molecule has 8 nitrogen and oxygen atoms in total. The number of likely N-dealkylation sites (tertiary alicyclic amines) is 1. The number of esters is 2. The molecule has 1 saturated carbocycles. The fourth-order valence-electron chi connectivity index (χ4n) is 3.89. The maximum absolute atomic E-state index is 13.1. The average Bonchev–Trinajstić information content (AvgIpc) is 3.29. The Hall–Kier alpha value is -1.90. The van der Waals surface area contributed by atoms with Gasteiger partial charge in [0.2, 0.25) is 5.91 Å². The lowest BCUT2D eigenvalue weighted by Gasteiger charge is -2.29. The summed E-state index contributed by atoms with van der Waals surface area (Å²) in [5.41, 5.74) is 0. The van der Waals surface area contributed by atoms with E-state index in [2.05, 4.69) is 0 Å². The normalized spacial score (nSPS) is 30.7. The van der Waals surface area contributed by atoms with Crippen LogP contribution in [0, 0.1) is 23.7 Å². The zero-order valence-corrected chi connectivity index (χ0v) is 15.6. The highest BCUT2D eigenvalue weighted by Crippen LogP contribution is 2.42. The molecule has 1 aliphatic heterocycles. The van der Waals surface area contributed by atoms with Gasteiger partial charge in [-0.05, 0) is 25.5 Å². The second kappa shape index (κ2) is 9.16. The molecule has 1 saturated heterocycles. The first-order valence-corrected chi connectivity index (χ1v) is 9.84. The Bertz CT molecular complexity index is 581. The number of thioether (sulfide) groups is 1. The molecule has 0 aromatic heterocycles. The molecule has 0 aromatic rings. The molecule has 26 heavy (non-hydrogen) atoms. The minimum absolute atomic E-state index is 0.0993. The number of carbonyl (C=O) groups is 5. The number of amides is 1. The summed E-state index contributed by atoms with van der Waals surface area (Å²) in [4.78, 5) is 61.9. The summed E-state index contributed by atoms with van der Waals surface area (Å²) in [5.74, 6) is -5.08. The quantitative estimate of drug-likeness (QED) is 0.349. The first-order chi connectivity index (χ1) is 12.5. The van der Waals surface area contributed by atoms with Crippen LogP contribution >= 0.6 is 11.8 Å². The van der Waals surface area contributed by atoms with E-state index in [9.17, 15) is 24.0 Å².